The van der Waals surface area contributed by atoms with Gasteiger partial charge in [0.25, 0.3) is 0 Å². The van der Waals surface area contributed by atoms with Crippen LogP contribution in [0.4, 0.5) is 0 Å². The first-order valence-corrected chi connectivity index (χ1v) is 9.30. The Morgan fingerprint density at radius 1 is 1.47 bits per heavy atom. The van der Waals surface area contributed by atoms with Gasteiger partial charge in [0.05, 0.1) is 3.79 Å². The average molecular weight is 369 g/mol. The van der Waals surface area contributed by atoms with Gasteiger partial charge in [-0.1, -0.05) is 20.8 Å². The molecule has 0 aromatic carbocycles. The molecule has 0 unspecified atom stereocenters. The van der Waals surface area contributed by atoms with Gasteiger partial charge in [-0.15, -0.1) is 11.3 Å². The Balaban J connectivity index is 3.10. The molecule has 1 N–H and O–H groups in total. The Kier molecular flexibility index (Phi) is 6.46. The molecule has 19 heavy (non-hydrogen) atoms. The van der Waals surface area contributed by atoms with Crippen LogP contribution in [0.15, 0.2) is 14.7 Å². The molecule has 4 nitrogen and oxygen atoms in total. The second-order valence-electron chi connectivity index (χ2n) is 4.73. The van der Waals surface area contributed by atoms with Gasteiger partial charge in [0.2, 0.25) is 10.0 Å². The fourth-order valence-corrected chi connectivity index (χ4v) is 6.04. The largest absolute Gasteiger partial charge is 0.315 e. The van der Waals surface area contributed by atoms with Crippen molar-refractivity contribution < 1.29 is 8.42 Å². The number of sulfonamides is 1. The molecule has 7 heteroatoms. The predicted molar refractivity (Wildman–Crippen MR) is 84.1 cm³/mol. The Bertz CT molecular complexity index is 512. The van der Waals surface area contributed by atoms with Crippen LogP contribution in [0.2, 0.25) is 0 Å². The highest BCUT2D eigenvalue weighted by Crippen LogP contribution is 2.33. The average Bonchev–Trinajstić information content (AvgIpc) is 2.68. The zero-order valence-electron chi connectivity index (χ0n) is 11.7. The molecule has 1 aromatic heterocycles. The topological polar surface area (TPSA) is 49.4 Å². The van der Waals surface area contributed by atoms with Crippen molar-refractivity contribution in [2.24, 2.45) is 5.92 Å². The maximum absolute atomic E-state index is 12.6. The lowest BCUT2D eigenvalue weighted by molar-refractivity contribution is 0.381. The van der Waals surface area contributed by atoms with Gasteiger partial charge < -0.3 is 5.32 Å². The molecule has 0 bridgehead atoms. The molecule has 0 saturated heterocycles. The number of nitrogens with one attached hydrogen (secondary N) is 1. The molecule has 0 atom stereocenters. The SMILES string of the molecule is CCN(CC(C)C)S(=O)(=O)c1cc(CNC)sc1Br. The highest BCUT2D eigenvalue weighted by atomic mass is 79.9. The molecule has 0 aliphatic rings. The lowest BCUT2D eigenvalue weighted by atomic mass is 10.2. The standard InChI is InChI=1S/C12H21BrN2O2S2/c1-5-15(8-9(2)3)19(16,17)11-6-10(7-14-4)18-12(11)13/h6,9,14H,5,7-8H2,1-4H3. The van der Waals surface area contributed by atoms with Gasteiger partial charge in [-0.3, -0.25) is 0 Å². The van der Waals surface area contributed by atoms with Crippen LogP contribution >= 0.6 is 27.3 Å². The molecule has 0 saturated carbocycles. The van der Waals surface area contributed by atoms with Gasteiger partial charge in [0.15, 0.2) is 0 Å². The fourth-order valence-electron chi connectivity index (χ4n) is 1.78. The van der Waals surface area contributed by atoms with E-state index in [9.17, 15) is 8.42 Å². The zero-order chi connectivity index (χ0) is 14.6. The van der Waals surface area contributed by atoms with E-state index in [4.69, 9.17) is 0 Å². The molecular weight excluding hydrogens is 348 g/mol. The van der Waals surface area contributed by atoms with Crippen molar-refractivity contribution in [2.75, 3.05) is 20.1 Å². The van der Waals surface area contributed by atoms with Crippen LogP contribution in [-0.2, 0) is 16.6 Å². The smallest absolute Gasteiger partial charge is 0.245 e. The third-order valence-electron chi connectivity index (χ3n) is 2.60. The quantitative estimate of drug-likeness (QED) is 0.804. The summed E-state index contributed by atoms with van der Waals surface area (Å²) in [5.74, 6) is 0.309. The van der Waals surface area contributed by atoms with Gasteiger partial charge in [0, 0.05) is 24.5 Å². The van der Waals surface area contributed by atoms with Crippen LogP contribution in [0.25, 0.3) is 0 Å². The highest BCUT2D eigenvalue weighted by Gasteiger charge is 2.27. The van der Waals surface area contributed by atoms with E-state index >= 15 is 0 Å². The summed E-state index contributed by atoms with van der Waals surface area (Å²) < 4.78 is 27.5. The summed E-state index contributed by atoms with van der Waals surface area (Å²) in [5, 5.41) is 3.03. The van der Waals surface area contributed by atoms with Crippen molar-refractivity contribution in [2.45, 2.75) is 32.2 Å². The lowest BCUT2D eigenvalue weighted by Gasteiger charge is -2.22. The highest BCUT2D eigenvalue weighted by molar-refractivity contribution is 9.11. The summed E-state index contributed by atoms with van der Waals surface area (Å²) in [6, 6.07) is 1.75. The maximum Gasteiger partial charge on any atom is 0.245 e. The molecule has 0 radical (unpaired) electrons. The van der Waals surface area contributed by atoms with E-state index in [0.29, 0.717) is 34.2 Å². The van der Waals surface area contributed by atoms with Crippen molar-refractivity contribution in [3.8, 4) is 0 Å². The molecular formula is C12H21BrN2O2S2. The Morgan fingerprint density at radius 3 is 2.58 bits per heavy atom. The molecule has 0 aliphatic heterocycles. The van der Waals surface area contributed by atoms with E-state index in [0.717, 1.165) is 4.88 Å². The number of thiophene rings is 1. The van der Waals surface area contributed by atoms with Crippen LogP contribution in [0.3, 0.4) is 0 Å². The van der Waals surface area contributed by atoms with E-state index in [1.165, 1.54) is 15.6 Å². The summed E-state index contributed by atoms with van der Waals surface area (Å²) in [7, 11) is -1.56. The molecule has 1 rings (SSSR count). The van der Waals surface area contributed by atoms with Gasteiger partial charge in [-0.2, -0.15) is 4.31 Å². The summed E-state index contributed by atoms with van der Waals surface area (Å²) in [6.45, 7) is 7.62. The zero-order valence-corrected chi connectivity index (χ0v) is 15.0. The first-order valence-electron chi connectivity index (χ1n) is 6.25. The number of halogens is 1. The molecule has 1 heterocycles. The second-order valence-corrected chi connectivity index (χ2v) is 9.09. The van der Waals surface area contributed by atoms with Crippen LogP contribution in [-0.4, -0.2) is 32.9 Å². The maximum atomic E-state index is 12.6. The molecule has 0 fully saturated rings. The lowest BCUT2D eigenvalue weighted by Crippen LogP contribution is -2.34. The second kappa shape index (κ2) is 7.17. The molecule has 1 aromatic rings. The summed E-state index contributed by atoms with van der Waals surface area (Å²) in [5.41, 5.74) is 0. The van der Waals surface area contributed by atoms with Gasteiger partial charge in [-0.05, 0) is 35.0 Å². The Morgan fingerprint density at radius 2 is 2.11 bits per heavy atom. The van der Waals surface area contributed by atoms with Crippen LogP contribution in [0, 0.1) is 5.92 Å². The summed E-state index contributed by atoms with van der Waals surface area (Å²) in [6.07, 6.45) is 0. The Hall–Kier alpha value is 0.0500. The molecule has 0 amide bonds. The minimum atomic E-state index is -3.41. The van der Waals surface area contributed by atoms with Crippen molar-refractivity contribution in [3.05, 3.63) is 14.7 Å². The minimum absolute atomic E-state index is 0.309. The molecule has 0 spiro atoms. The van der Waals surface area contributed by atoms with Crippen molar-refractivity contribution >= 4 is 37.3 Å². The van der Waals surface area contributed by atoms with E-state index in [1.54, 1.807) is 6.07 Å². The number of hydrogen-bond acceptors (Lipinski definition) is 4. The fraction of sp³-hybridized carbons (Fsp3) is 0.667. The van der Waals surface area contributed by atoms with E-state index in [2.05, 4.69) is 21.2 Å². The van der Waals surface area contributed by atoms with Crippen LogP contribution < -0.4 is 5.32 Å². The predicted octanol–water partition coefficient (Wildman–Crippen LogP) is 2.90. The summed E-state index contributed by atoms with van der Waals surface area (Å²) in [4.78, 5) is 1.39. The normalized spacial score (nSPS) is 12.6. The number of nitrogens with zero attached hydrogens (tertiary/aromatic N) is 1. The van der Waals surface area contributed by atoms with Crippen LogP contribution in [0.1, 0.15) is 25.6 Å². The third-order valence-corrected chi connectivity index (χ3v) is 6.79. The van der Waals surface area contributed by atoms with Gasteiger partial charge in [-0.25, -0.2) is 8.42 Å². The van der Waals surface area contributed by atoms with E-state index in [-0.39, 0.29) is 0 Å². The molecule has 0 aliphatic carbocycles. The van der Waals surface area contributed by atoms with Crippen molar-refractivity contribution in [1.29, 1.82) is 0 Å². The monoisotopic (exact) mass is 368 g/mol. The first kappa shape index (κ1) is 17.1. The van der Waals surface area contributed by atoms with Crippen molar-refractivity contribution in [1.82, 2.24) is 9.62 Å². The van der Waals surface area contributed by atoms with Gasteiger partial charge in [0.1, 0.15) is 4.90 Å². The van der Waals surface area contributed by atoms with Gasteiger partial charge >= 0.3 is 0 Å². The summed E-state index contributed by atoms with van der Waals surface area (Å²) >= 11 is 4.83. The number of hydrogen-bond donors (Lipinski definition) is 1. The third kappa shape index (κ3) is 4.26. The first-order chi connectivity index (χ1) is 8.82. The molecule has 110 valence electrons. The Labute approximate surface area is 128 Å². The number of rotatable bonds is 7. The minimum Gasteiger partial charge on any atom is -0.315 e. The van der Waals surface area contributed by atoms with E-state index < -0.39 is 10.0 Å². The van der Waals surface area contributed by atoms with Crippen molar-refractivity contribution in [3.63, 3.8) is 0 Å². The van der Waals surface area contributed by atoms with E-state index in [1.807, 2.05) is 27.8 Å². The van der Waals surface area contributed by atoms with Crippen LogP contribution in [0.5, 0.6) is 0 Å².